The van der Waals surface area contributed by atoms with Crippen LogP contribution in [0.15, 0.2) is 52.4 Å². The Morgan fingerprint density at radius 3 is 2.44 bits per heavy atom. The molecule has 8 heteroatoms. The van der Waals surface area contributed by atoms with E-state index in [4.69, 9.17) is 24.2 Å². The van der Waals surface area contributed by atoms with Crippen molar-refractivity contribution in [1.82, 2.24) is 0 Å². The quantitative estimate of drug-likeness (QED) is 0.391. The van der Waals surface area contributed by atoms with Crippen molar-refractivity contribution in [3.63, 3.8) is 0 Å². The highest BCUT2D eigenvalue weighted by atomic mass is 32.2. The van der Waals surface area contributed by atoms with Crippen LogP contribution in [0.25, 0.3) is 0 Å². The van der Waals surface area contributed by atoms with Gasteiger partial charge in [0, 0.05) is 17.3 Å². The highest BCUT2D eigenvalue weighted by Crippen LogP contribution is 2.39. The number of aliphatic imine (C=N–C) groups is 2. The maximum atomic E-state index is 12.8. The van der Waals surface area contributed by atoms with Crippen molar-refractivity contribution < 1.29 is 19.0 Å². The number of anilines is 1. The van der Waals surface area contributed by atoms with Gasteiger partial charge in [0.25, 0.3) is 0 Å². The van der Waals surface area contributed by atoms with Gasteiger partial charge in [-0.15, -0.1) is 0 Å². The number of ether oxygens (including phenoxy) is 3. The monoisotopic (exact) mass is 509 g/mol. The summed E-state index contributed by atoms with van der Waals surface area (Å²) in [6, 6.07) is 13.4. The molecule has 1 spiro atoms. The van der Waals surface area contributed by atoms with E-state index < -0.39 is 0 Å². The zero-order chi connectivity index (χ0) is 25.4. The minimum atomic E-state index is -0.383. The van der Waals surface area contributed by atoms with Crippen LogP contribution in [-0.4, -0.2) is 48.9 Å². The van der Waals surface area contributed by atoms with E-state index in [1.807, 2.05) is 24.3 Å². The number of hydrogen-bond donors (Lipinski definition) is 1. The van der Waals surface area contributed by atoms with E-state index in [-0.39, 0.29) is 17.3 Å². The summed E-state index contributed by atoms with van der Waals surface area (Å²) in [4.78, 5) is 23.0. The number of carbonyl (C=O) groups excluding carboxylic acids is 1. The molecule has 0 saturated heterocycles. The summed E-state index contributed by atoms with van der Waals surface area (Å²) in [5.41, 5.74) is 2.15. The lowest BCUT2D eigenvalue weighted by atomic mass is 9.90. The minimum Gasteiger partial charge on any atom is -0.494 e. The molecule has 1 saturated carbocycles. The fourth-order valence-corrected chi connectivity index (χ4v) is 5.32. The largest absolute Gasteiger partial charge is 0.494 e. The molecule has 0 aromatic heterocycles. The van der Waals surface area contributed by atoms with Crippen LogP contribution in [0.4, 0.5) is 5.69 Å². The summed E-state index contributed by atoms with van der Waals surface area (Å²) in [6.07, 6.45) is 7.53. The first-order valence-corrected chi connectivity index (χ1v) is 13.6. The fraction of sp³-hybridized carbons (Fsp3) is 0.464. The predicted octanol–water partition coefficient (Wildman–Crippen LogP) is 6.12. The summed E-state index contributed by atoms with van der Waals surface area (Å²) in [6.45, 7) is 2.87. The highest BCUT2D eigenvalue weighted by Gasteiger charge is 2.37. The van der Waals surface area contributed by atoms with Gasteiger partial charge < -0.3 is 19.5 Å². The number of methoxy groups -OCH3 is 2. The molecule has 192 valence electrons. The predicted molar refractivity (Wildman–Crippen MR) is 147 cm³/mol. The number of carbonyl (C=O) groups is 1. The first-order chi connectivity index (χ1) is 17.6. The number of amides is 1. The van der Waals surface area contributed by atoms with Gasteiger partial charge in [-0.25, -0.2) is 4.99 Å². The standard InChI is InChI=1S/C28H35N3O4S/c1-4-5-17-35-22-12-9-20(10-13-22)26-27(31-28(30-26)15-7-6-8-16-28)36-19-25(32)29-21-11-14-23(33-2)24(18-21)34-3/h9-14,18H,4-8,15-17,19H2,1-3H3,(H,29,32). The topological polar surface area (TPSA) is 81.5 Å². The molecule has 1 N–H and O–H groups in total. The molecule has 1 aliphatic carbocycles. The second-order valence-corrected chi connectivity index (χ2v) is 10.0. The number of thioether (sulfide) groups is 1. The van der Waals surface area contributed by atoms with E-state index in [2.05, 4.69) is 12.2 Å². The van der Waals surface area contributed by atoms with Gasteiger partial charge in [-0.3, -0.25) is 9.79 Å². The van der Waals surface area contributed by atoms with Crippen LogP contribution in [0, 0.1) is 0 Å². The second kappa shape index (κ2) is 12.3. The van der Waals surface area contributed by atoms with Crippen LogP contribution >= 0.6 is 11.8 Å². The van der Waals surface area contributed by atoms with Crippen LogP contribution in [0.3, 0.4) is 0 Å². The molecule has 36 heavy (non-hydrogen) atoms. The number of benzene rings is 2. The van der Waals surface area contributed by atoms with Crippen LogP contribution < -0.4 is 19.5 Å². The third-order valence-corrected chi connectivity index (χ3v) is 7.35. The van der Waals surface area contributed by atoms with Crippen molar-refractivity contribution in [1.29, 1.82) is 0 Å². The lowest BCUT2D eigenvalue weighted by Gasteiger charge is -2.27. The molecule has 1 fully saturated rings. The van der Waals surface area contributed by atoms with Gasteiger partial charge in [0.1, 0.15) is 10.8 Å². The third kappa shape index (κ3) is 6.40. The SMILES string of the molecule is CCCCOc1ccc(C2=NC3(CCCCC3)N=C2SCC(=O)Nc2ccc(OC)c(OC)c2)cc1. The molecule has 7 nitrogen and oxygen atoms in total. The average molecular weight is 510 g/mol. The molecule has 1 amide bonds. The smallest absolute Gasteiger partial charge is 0.234 e. The van der Waals surface area contributed by atoms with E-state index in [1.165, 1.54) is 18.2 Å². The van der Waals surface area contributed by atoms with Gasteiger partial charge in [0.05, 0.1) is 32.3 Å². The van der Waals surface area contributed by atoms with Gasteiger partial charge in [0.2, 0.25) is 5.91 Å². The van der Waals surface area contributed by atoms with Gasteiger partial charge in [-0.2, -0.15) is 0 Å². The van der Waals surface area contributed by atoms with E-state index in [9.17, 15) is 4.79 Å². The number of unbranched alkanes of at least 4 members (excludes halogenated alkanes) is 1. The first-order valence-electron chi connectivity index (χ1n) is 12.6. The molecule has 0 atom stereocenters. The number of rotatable bonds is 10. The fourth-order valence-electron chi connectivity index (χ4n) is 4.44. The van der Waals surface area contributed by atoms with E-state index in [0.29, 0.717) is 17.2 Å². The Bertz CT molecular complexity index is 1110. The maximum absolute atomic E-state index is 12.8. The molecular formula is C28H35N3O4S. The number of nitrogens with zero attached hydrogens (tertiary/aromatic N) is 2. The molecule has 1 heterocycles. The summed E-state index contributed by atoms with van der Waals surface area (Å²) in [7, 11) is 3.16. The second-order valence-electron chi connectivity index (χ2n) is 9.05. The van der Waals surface area contributed by atoms with Crippen molar-refractivity contribution in [2.24, 2.45) is 9.98 Å². The molecular weight excluding hydrogens is 474 g/mol. The van der Waals surface area contributed by atoms with E-state index in [0.717, 1.165) is 67.2 Å². The lowest BCUT2D eigenvalue weighted by molar-refractivity contribution is -0.113. The molecule has 2 aromatic carbocycles. The van der Waals surface area contributed by atoms with E-state index >= 15 is 0 Å². The normalized spacial score (nSPS) is 16.3. The molecule has 0 radical (unpaired) electrons. The Hall–Kier alpha value is -3.00. The first kappa shape index (κ1) is 26.1. The van der Waals surface area contributed by atoms with Crippen molar-refractivity contribution in [2.45, 2.75) is 57.5 Å². The summed E-state index contributed by atoms with van der Waals surface area (Å²) in [5, 5.41) is 3.78. The summed E-state index contributed by atoms with van der Waals surface area (Å²) >= 11 is 1.44. The molecule has 2 aromatic rings. The summed E-state index contributed by atoms with van der Waals surface area (Å²) < 4.78 is 16.4. The maximum Gasteiger partial charge on any atom is 0.234 e. The van der Waals surface area contributed by atoms with Gasteiger partial charge in [-0.05, 0) is 68.5 Å². The third-order valence-electron chi connectivity index (χ3n) is 6.39. The zero-order valence-corrected chi connectivity index (χ0v) is 22.2. The van der Waals surface area contributed by atoms with Crippen molar-refractivity contribution in [3.8, 4) is 17.2 Å². The van der Waals surface area contributed by atoms with Crippen LogP contribution in [0.1, 0.15) is 57.4 Å². The lowest BCUT2D eigenvalue weighted by Crippen LogP contribution is -2.25. The minimum absolute atomic E-state index is 0.112. The Balaban J connectivity index is 1.45. The van der Waals surface area contributed by atoms with Gasteiger partial charge >= 0.3 is 0 Å². The van der Waals surface area contributed by atoms with Gasteiger partial charge in [-0.1, -0.05) is 31.5 Å². The molecule has 0 unspecified atom stereocenters. The molecule has 0 bridgehead atoms. The Kier molecular flexibility index (Phi) is 8.91. The molecule has 2 aliphatic rings. The van der Waals surface area contributed by atoms with Crippen molar-refractivity contribution in [2.75, 3.05) is 31.9 Å². The van der Waals surface area contributed by atoms with E-state index in [1.54, 1.807) is 32.4 Å². The van der Waals surface area contributed by atoms with Crippen LogP contribution in [0.5, 0.6) is 17.2 Å². The van der Waals surface area contributed by atoms with Crippen molar-refractivity contribution in [3.05, 3.63) is 48.0 Å². The average Bonchev–Trinajstić information content (AvgIpc) is 3.25. The highest BCUT2D eigenvalue weighted by molar-refractivity contribution is 8.16. The Labute approximate surface area is 217 Å². The molecule has 1 aliphatic heterocycles. The Morgan fingerprint density at radius 2 is 1.75 bits per heavy atom. The summed E-state index contributed by atoms with van der Waals surface area (Å²) in [5.74, 6) is 2.17. The number of hydrogen-bond acceptors (Lipinski definition) is 7. The van der Waals surface area contributed by atoms with Crippen LogP contribution in [-0.2, 0) is 4.79 Å². The van der Waals surface area contributed by atoms with Crippen molar-refractivity contribution >= 4 is 34.1 Å². The van der Waals surface area contributed by atoms with Gasteiger partial charge in [0.15, 0.2) is 17.2 Å². The van der Waals surface area contributed by atoms with Crippen LogP contribution in [0.2, 0.25) is 0 Å². The number of nitrogens with one attached hydrogen (secondary N) is 1. The molecule has 4 rings (SSSR count). The Morgan fingerprint density at radius 1 is 1.00 bits per heavy atom. The zero-order valence-electron chi connectivity index (χ0n) is 21.3.